The van der Waals surface area contributed by atoms with Gasteiger partial charge in [-0.1, -0.05) is 45.0 Å². The molecule has 2 aliphatic rings. The SMILES string of the molecule is CC1(C)[C@H]2Cc3ccccc3[C@]1(C)CCN2C(=O)c1ccc2[nH]ncc2c1. The number of carbonyl (C=O) groups excluding carboxylic acids is 1. The van der Waals surface area contributed by atoms with Crippen molar-refractivity contribution in [2.45, 2.75) is 45.1 Å². The Hall–Kier alpha value is -2.62. The molecule has 2 bridgehead atoms. The summed E-state index contributed by atoms with van der Waals surface area (Å²) in [6.07, 6.45) is 3.70. The van der Waals surface area contributed by atoms with E-state index in [1.54, 1.807) is 6.20 Å². The van der Waals surface area contributed by atoms with Crippen molar-refractivity contribution in [3.8, 4) is 0 Å². The molecule has 0 saturated carbocycles. The molecule has 2 atom stereocenters. The Morgan fingerprint density at radius 1 is 1.19 bits per heavy atom. The van der Waals surface area contributed by atoms with Gasteiger partial charge >= 0.3 is 0 Å². The molecule has 3 aromatic rings. The quantitative estimate of drug-likeness (QED) is 0.703. The lowest BCUT2D eigenvalue weighted by Crippen LogP contribution is -2.64. The topological polar surface area (TPSA) is 49.0 Å². The number of nitrogens with zero attached hydrogens (tertiary/aromatic N) is 2. The molecule has 0 spiro atoms. The van der Waals surface area contributed by atoms with Crippen molar-refractivity contribution in [2.75, 3.05) is 6.54 Å². The third-order valence-corrected chi connectivity index (χ3v) is 7.46. The summed E-state index contributed by atoms with van der Waals surface area (Å²) in [7, 11) is 0. The smallest absolute Gasteiger partial charge is 0.254 e. The highest BCUT2D eigenvalue weighted by atomic mass is 16.2. The van der Waals surface area contributed by atoms with E-state index in [-0.39, 0.29) is 22.8 Å². The van der Waals surface area contributed by atoms with Gasteiger partial charge in [-0.05, 0) is 47.6 Å². The van der Waals surface area contributed by atoms with Gasteiger partial charge in [0.2, 0.25) is 0 Å². The third-order valence-electron chi connectivity index (χ3n) is 7.46. The van der Waals surface area contributed by atoms with Crippen molar-refractivity contribution >= 4 is 16.8 Å². The number of H-pyrrole nitrogens is 1. The standard InChI is InChI=1S/C23H25N3O/c1-22(2)20-13-15-6-4-5-7-18(15)23(22,3)10-11-26(20)21(27)16-8-9-19-17(12-16)14-24-25-19/h4-9,12,14,20H,10-11,13H2,1-3H3,(H,24,25)/t20-,23+/m1/s1. The maximum atomic E-state index is 13.5. The van der Waals surface area contributed by atoms with Crippen LogP contribution >= 0.6 is 0 Å². The van der Waals surface area contributed by atoms with E-state index in [0.717, 1.165) is 35.9 Å². The number of benzene rings is 2. The zero-order chi connectivity index (χ0) is 18.8. The molecule has 2 aromatic carbocycles. The first-order valence-electron chi connectivity index (χ1n) is 9.74. The zero-order valence-corrected chi connectivity index (χ0v) is 16.1. The van der Waals surface area contributed by atoms with Gasteiger partial charge in [0.15, 0.2) is 0 Å². The highest BCUT2D eigenvalue weighted by Crippen LogP contribution is 2.56. The summed E-state index contributed by atoms with van der Waals surface area (Å²) in [4.78, 5) is 15.6. The second-order valence-electron chi connectivity index (χ2n) is 8.85. The van der Waals surface area contributed by atoms with Crippen LogP contribution in [0.3, 0.4) is 0 Å². The molecule has 2 heterocycles. The molecule has 1 fully saturated rings. The molecule has 4 nitrogen and oxygen atoms in total. The number of hydrogen-bond acceptors (Lipinski definition) is 2. The normalized spacial score (nSPS) is 26.0. The van der Waals surface area contributed by atoms with Crippen molar-refractivity contribution in [1.82, 2.24) is 15.1 Å². The number of aromatic nitrogens is 2. The minimum absolute atomic E-state index is 0.0228. The highest BCUT2D eigenvalue weighted by Gasteiger charge is 2.56. The van der Waals surface area contributed by atoms with Crippen LogP contribution in [-0.4, -0.2) is 33.6 Å². The van der Waals surface area contributed by atoms with Crippen molar-refractivity contribution in [3.63, 3.8) is 0 Å². The van der Waals surface area contributed by atoms with E-state index in [2.05, 4.69) is 60.1 Å². The lowest BCUT2D eigenvalue weighted by atomic mass is 9.51. The average Bonchev–Trinajstić information content (AvgIpc) is 3.12. The van der Waals surface area contributed by atoms with E-state index in [1.165, 1.54) is 11.1 Å². The largest absolute Gasteiger partial charge is 0.335 e. The number of hydrogen-bond donors (Lipinski definition) is 1. The average molecular weight is 359 g/mol. The summed E-state index contributed by atoms with van der Waals surface area (Å²) in [6, 6.07) is 14.8. The second kappa shape index (κ2) is 5.44. The van der Waals surface area contributed by atoms with Crippen LogP contribution < -0.4 is 0 Å². The Balaban J connectivity index is 1.56. The van der Waals surface area contributed by atoms with Gasteiger partial charge in [0.1, 0.15) is 0 Å². The molecule has 1 aromatic heterocycles. The fourth-order valence-electron chi connectivity index (χ4n) is 5.36. The zero-order valence-electron chi connectivity index (χ0n) is 16.1. The van der Waals surface area contributed by atoms with E-state index in [0.29, 0.717) is 0 Å². The molecule has 138 valence electrons. The number of fused-ring (bicyclic) bond motifs is 5. The molecule has 1 saturated heterocycles. The predicted octanol–water partition coefficient (Wildman–Crippen LogP) is 4.32. The molecule has 4 heteroatoms. The van der Waals surface area contributed by atoms with E-state index in [4.69, 9.17) is 0 Å². The number of nitrogens with one attached hydrogen (secondary N) is 1. The summed E-state index contributed by atoms with van der Waals surface area (Å²) < 4.78 is 0. The van der Waals surface area contributed by atoms with Gasteiger partial charge in [0.25, 0.3) is 5.91 Å². The fraction of sp³-hybridized carbons (Fsp3) is 0.391. The van der Waals surface area contributed by atoms with Crippen LogP contribution in [0.15, 0.2) is 48.7 Å². The first-order valence-corrected chi connectivity index (χ1v) is 9.74. The highest BCUT2D eigenvalue weighted by molar-refractivity contribution is 5.98. The van der Waals surface area contributed by atoms with E-state index < -0.39 is 0 Å². The van der Waals surface area contributed by atoms with Crippen molar-refractivity contribution in [2.24, 2.45) is 5.41 Å². The van der Waals surface area contributed by atoms with E-state index >= 15 is 0 Å². The minimum Gasteiger partial charge on any atom is -0.335 e. The molecule has 0 unspecified atom stereocenters. The van der Waals surface area contributed by atoms with Crippen LogP contribution in [0.1, 0.15) is 48.7 Å². The fourth-order valence-corrected chi connectivity index (χ4v) is 5.36. The number of amides is 1. The minimum atomic E-state index is 0.0228. The Morgan fingerprint density at radius 2 is 2.00 bits per heavy atom. The molecular weight excluding hydrogens is 334 g/mol. The molecule has 1 N–H and O–H groups in total. The van der Waals surface area contributed by atoms with Crippen LogP contribution in [0.25, 0.3) is 10.9 Å². The van der Waals surface area contributed by atoms with Crippen LogP contribution in [0, 0.1) is 5.41 Å². The number of aromatic amines is 1. The van der Waals surface area contributed by atoms with E-state index in [1.807, 2.05) is 18.2 Å². The van der Waals surface area contributed by atoms with Crippen LogP contribution in [0.4, 0.5) is 0 Å². The van der Waals surface area contributed by atoms with Gasteiger partial charge in [-0.25, -0.2) is 0 Å². The summed E-state index contributed by atoms with van der Waals surface area (Å²) in [6.45, 7) is 7.87. The Morgan fingerprint density at radius 3 is 2.85 bits per heavy atom. The molecule has 1 amide bonds. The first-order chi connectivity index (χ1) is 12.9. The first kappa shape index (κ1) is 16.5. The maximum Gasteiger partial charge on any atom is 0.254 e. The molecular formula is C23H25N3O. The third kappa shape index (κ3) is 2.16. The summed E-state index contributed by atoms with van der Waals surface area (Å²) in [5.74, 6) is 0.137. The van der Waals surface area contributed by atoms with Gasteiger partial charge < -0.3 is 4.90 Å². The van der Waals surface area contributed by atoms with Crippen LogP contribution in [-0.2, 0) is 11.8 Å². The van der Waals surface area contributed by atoms with Gasteiger partial charge in [-0.2, -0.15) is 5.10 Å². The monoisotopic (exact) mass is 359 g/mol. The summed E-state index contributed by atoms with van der Waals surface area (Å²) in [5.41, 5.74) is 4.70. The van der Waals surface area contributed by atoms with Gasteiger partial charge in [-0.15, -0.1) is 0 Å². The molecule has 0 radical (unpaired) electrons. The molecule has 5 rings (SSSR count). The lowest BCUT2D eigenvalue weighted by Gasteiger charge is -2.60. The number of rotatable bonds is 1. The molecule has 1 aliphatic carbocycles. The second-order valence-corrected chi connectivity index (χ2v) is 8.85. The van der Waals surface area contributed by atoms with Crippen molar-refractivity contribution in [3.05, 3.63) is 65.4 Å². The van der Waals surface area contributed by atoms with Gasteiger partial charge in [-0.3, -0.25) is 9.89 Å². The molecule has 1 aliphatic heterocycles. The molecule has 27 heavy (non-hydrogen) atoms. The Bertz CT molecular complexity index is 1050. The van der Waals surface area contributed by atoms with Gasteiger partial charge in [0.05, 0.1) is 11.7 Å². The Kier molecular flexibility index (Phi) is 3.34. The number of carbonyl (C=O) groups is 1. The van der Waals surface area contributed by atoms with Crippen molar-refractivity contribution in [1.29, 1.82) is 0 Å². The Labute approximate surface area is 159 Å². The van der Waals surface area contributed by atoms with Crippen LogP contribution in [0.5, 0.6) is 0 Å². The predicted molar refractivity (Wildman–Crippen MR) is 107 cm³/mol. The van der Waals surface area contributed by atoms with E-state index in [9.17, 15) is 4.79 Å². The summed E-state index contributed by atoms with van der Waals surface area (Å²) >= 11 is 0. The maximum absolute atomic E-state index is 13.5. The van der Waals surface area contributed by atoms with Gasteiger partial charge in [0, 0.05) is 29.0 Å². The number of likely N-dealkylation sites (tertiary alicyclic amines) is 1. The van der Waals surface area contributed by atoms with Crippen molar-refractivity contribution < 1.29 is 4.79 Å². The number of piperidine rings is 1. The van der Waals surface area contributed by atoms with Crippen LogP contribution in [0.2, 0.25) is 0 Å². The lowest BCUT2D eigenvalue weighted by molar-refractivity contribution is -0.0261. The summed E-state index contributed by atoms with van der Waals surface area (Å²) in [5, 5.41) is 8.01.